The van der Waals surface area contributed by atoms with Gasteiger partial charge in [0.05, 0.1) is 34.9 Å². The van der Waals surface area contributed by atoms with E-state index in [0.717, 1.165) is 52.9 Å². The molecule has 6 aromatic rings. The van der Waals surface area contributed by atoms with Crippen molar-refractivity contribution in [2.45, 2.75) is 25.9 Å². The molecule has 0 fully saturated rings. The van der Waals surface area contributed by atoms with Crippen LogP contribution in [0.5, 0.6) is 0 Å². The fourth-order valence-electron chi connectivity index (χ4n) is 7.16. The van der Waals surface area contributed by atoms with Gasteiger partial charge in [-0.1, -0.05) is 96.0 Å². The highest BCUT2D eigenvalue weighted by atomic mass is 35.5. The Morgan fingerprint density at radius 3 is 1.33 bits per heavy atom. The molecule has 0 radical (unpaired) electrons. The number of carbonyl (C=O) groups is 4. The van der Waals surface area contributed by atoms with E-state index in [9.17, 15) is 19.2 Å². The topological polar surface area (TPSA) is 148 Å². The lowest BCUT2D eigenvalue weighted by Crippen LogP contribution is -2.25. The zero-order valence-corrected chi connectivity index (χ0v) is 36.8. The summed E-state index contributed by atoms with van der Waals surface area (Å²) in [4.78, 5) is 58.0. The van der Waals surface area contributed by atoms with Gasteiger partial charge in [0.2, 0.25) is 0 Å². The van der Waals surface area contributed by atoms with E-state index >= 15 is 0 Å². The van der Waals surface area contributed by atoms with Crippen LogP contribution in [0.2, 0.25) is 10.0 Å². The minimum Gasteiger partial charge on any atom is -0.321 e. The second-order valence-corrected chi connectivity index (χ2v) is 16.4. The van der Waals surface area contributed by atoms with E-state index in [0.29, 0.717) is 52.1 Å². The summed E-state index contributed by atoms with van der Waals surface area (Å²) in [6.07, 6.45) is 4.62. The van der Waals surface area contributed by atoms with Crippen LogP contribution >= 0.6 is 23.2 Å². The van der Waals surface area contributed by atoms with Gasteiger partial charge in [0.25, 0.3) is 23.6 Å². The second kappa shape index (κ2) is 21.4. The molecule has 0 spiro atoms. The van der Waals surface area contributed by atoms with Gasteiger partial charge in [0.15, 0.2) is 0 Å². The lowest BCUT2D eigenvalue weighted by molar-refractivity contribution is 0.0947. The van der Waals surface area contributed by atoms with E-state index in [-0.39, 0.29) is 22.9 Å². The van der Waals surface area contributed by atoms with Crippen molar-refractivity contribution in [3.05, 3.63) is 199 Å². The number of benzene rings is 6. The van der Waals surface area contributed by atoms with Crippen molar-refractivity contribution in [1.82, 2.24) is 20.7 Å². The third-order valence-corrected chi connectivity index (χ3v) is 10.9. The first-order chi connectivity index (χ1) is 30.9. The molecule has 4 N–H and O–H groups in total. The molecule has 3 aliphatic heterocycles. The number of nitrogens with zero attached hydrogens (tertiary/aromatic N) is 4. The van der Waals surface area contributed by atoms with Crippen LogP contribution < -0.4 is 21.5 Å². The molecule has 9 rings (SSSR count). The lowest BCUT2D eigenvalue weighted by Gasteiger charge is -2.21. The number of fused-ring (bicyclic) bond motifs is 2. The molecule has 3 aliphatic rings. The summed E-state index contributed by atoms with van der Waals surface area (Å²) < 4.78 is 0. The molecule has 64 heavy (non-hydrogen) atoms. The highest BCUT2D eigenvalue weighted by molar-refractivity contribution is 6.31. The summed E-state index contributed by atoms with van der Waals surface area (Å²) in [6.45, 7) is 2.84. The second-order valence-electron chi connectivity index (χ2n) is 15.6. The van der Waals surface area contributed by atoms with Crippen LogP contribution in [0.1, 0.15) is 81.2 Å². The Morgan fingerprint density at radius 1 is 0.484 bits per heavy atom. The molecule has 12 nitrogen and oxygen atoms in total. The van der Waals surface area contributed by atoms with Gasteiger partial charge in [-0.3, -0.25) is 19.2 Å². The molecule has 0 atom stereocenters. The van der Waals surface area contributed by atoms with Gasteiger partial charge in [0, 0.05) is 34.3 Å². The Hall–Kier alpha value is -6.96. The molecule has 324 valence electrons. The summed E-state index contributed by atoms with van der Waals surface area (Å²) in [5.74, 6) is -1.80. The molecule has 14 heteroatoms. The van der Waals surface area contributed by atoms with Gasteiger partial charge in [-0.05, 0) is 134 Å². The van der Waals surface area contributed by atoms with E-state index in [1.165, 1.54) is 24.6 Å². The fraction of sp³-hybridized carbons (Fsp3) is 0.160. The minimum atomic E-state index is -0.534. The zero-order chi connectivity index (χ0) is 45.0. The number of anilines is 2. The normalized spacial score (nSPS) is 16.2. The van der Waals surface area contributed by atoms with E-state index in [1.807, 2.05) is 99.0 Å². The van der Waals surface area contributed by atoms with Crippen molar-refractivity contribution in [3.63, 3.8) is 0 Å². The fourth-order valence-corrected chi connectivity index (χ4v) is 7.50. The maximum atomic E-state index is 13.5. The van der Waals surface area contributed by atoms with Crippen LogP contribution in [-0.4, -0.2) is 73.0 Å². The molecule has 0 saturated carbocycles. The summed E-state index contributed by atoms with van der Waals surface area (Å²) in [5.41, 5.74) is 12.5. The van der Waals surface area contributed by atoms with Crippen molar-refractivity contribution in [2.24, 2.45) is 10.2 Å². The van der Waals surface area contributed by atoms with E-state index < -0.39 is 11.8 Å². The molecule has 4 amide bonds. The number of carbonyl (C=O) groups excluding carboxylic acids is 4. The number of amides is 4. The molecular weight excluding hydrogens is 848 g/mol. The number of hydrogen-bond acceptors (Lipinski definition) is 8. The summed E-state index contributed by atoms with van der Waals surface area (Å²) in [7, 11) is 4.06. The monoisotopic (exact) mass is 892 g/mol. The quantitative estimate of drug-likeness (QED) is 0.120. The van der Waals surface area contributed by atoms with Crippen molar-refractivity contribution in [1.29, 1.82) is 0 Å². The van der Waals surface area contributed by atoms with Crippen molar-refractivity contribution >= 4 is 70.6 Å². The SMILES string of the molecule is CN1CCCN(C)Cc2cccc(c2)C(=O)Nc2ccc(Cl)cc2C(=O)N/N=C/c2ccc(cc2)Cc2ccc(cc2)/C=N/NC(=O)c2cc(Cl)ccc2NC(=O)c2cccc(c2)C1. The highest BCUT2D eigenvalue weighted by Gasteiger charge is 2.18. The lowest BCUT2D eigenvalue weighted by atomic mass is 10.0. The van der Waals surface area contributed by atoms with Crippen molar-refractivity contribution in [2.75, 3.05) is 37.8 Å². The Kier molecular flexibility index (Phi) is 15.1. The van der Waals surface area contributed by atoms with Gasteiger partial charge < -0.3 is 20.4 Å². The predicted octanol–water partition coefficient (Wildman–Crippen LogP) is 8.88. The van der Waals surface area contributed by atoms with Gasteiger partial charge in [0.1, 0.15) is 0 Å². The van der Waals surface area contributed by atoms with Crippen LogP contribution in [0.4, 0.5) is 11.4 Å². The summed E-state index contributed by atoms with van der Waals surface area (Å²) >= 11 is 12.6. The molecule has 8 bridgehead atoms. The van der Waals surface area contributed by atoms with Crippen molar-refractivity contribution in [3.8, 4) is 0 Å². The summed E-state index contributed by atoms with van der Waals surface area (Å²) in [6, 6.07) is 39.7. The number of nitrogens with one attached hydrogen (secondary N) is 4. The minimum absolute atomic E-state index is 0.166. The maximum Gasteiger partial charge on any atom is 0.273 e. The molecule has 0 aliphatic carbocycles. The first-order valence-electron chi connectivity index (χ1n) is 20.6. The molecule has 0 saturated heterocycles. The molecule has 0 aromatic heterocycles. The van der Waals surface area contributed by atoms with Crippen LogP contribution in [0.15, 0.2) is 144 Å². The van der Waals surface area contributed by atoms with E-state index in [4.69, 9.17) is 23.2 Å². The Morgan fingerprint density at radius 2 is 0.906 bits per heavy atom. The summed E-state index contributed by atoms with van der Waals surface area (Å²) in [5, 5.41) is 14.7. The maximum absolute atomic E-state index is 13.5. The predicted molar refractivity (Wildman–Crippen MR) is 255 cm³/mol. The molecule has 0 unspecified atom stereocenters. The zero-order valence-electron chi connectivity index (χ0n) is 35.3. The average molecular weight is 894 g/mol. The van der Waals surface area contributed by atoms with E-state index in [2.05, 4.69) is 41.5 Å². The van der Waals surface area contributed by atoms with Crippen molar-refractivity contribution < 1.29 is 19.2 Å². The third kappa shape index (κ3) is 12.6. The standard InChI is InChI=1S/C50H46Cl2N8O4/c1-59-22-5-23-60(2)32-38-7-4-9-40(26-38)48(62)56-46-21-19-42(52)28-44(46)50(64)58-54-30-36-16-12-34(13-17-36)24-33-10-14-35(15-11-33)29-53-57-49(63)43-27-41(51)18-20-45(43)55-47(61)39-8-3-6-37(25-39)31-59/h3-4,6-21,25-30H,5,22-24,31-32H2,1-2H3,(H,55,61)(H,56,62)(H,57,63)(H,58,64)/b53-29+,54-30+. The van der Waals surface area contributed by atoms with Crippen LogP contribution in [-0.2, 0) is 19.5 Å². The average Bonchev–Trinajstić information content (AvgIpc) is 3.28. The Labute approximate surface area is 382 Å². The highest BCUT2D eigenvalue weighted by Crippen LogP contribution is 2.24. The number of hydrazone groups is 2. The van der Waals surface area contributed by atoms with Crippen LogP contribution in [0, 0.1) is 0 Å². The molecule has 3 heterocycles. The third-order valence-electron chi connectivity index (χ3n) is 10.4. The van der Waals surface area contributed by atoms with Gasteiger partial charge in [-0.25, -0.2) is 10.9 Å². The number of rotatable bonds is 0. The van der Waals surface area contributed by atoms with Gasteiger partial charge in [-0.15, -0.1) is 0 Å². The smallest absolute Gasteiger partial charge is 0.273 e. The van der Waals surface area contributed by atoms with Gasteiger partial charge in [-0.2, -0.15) is 10.2 Å². The molecular formula is C50H46Cl2N8O4. The first-order valence-corrected chi connectivity index (χ1v) is 21.3. The number of halogens is 2. The van der Waals surface area contributed by atoms with Gasteiger partial charge >= 0.3 is 0 Å². The largest absolute Gasteiger partial charge is 0.321 e. The van der Waals surface area contributed by atoms with E-state index in [1.54, 1.807) is 36.4 Å². The van der Waals surface area contributed by atoms with Crippen LogP contribution in [0.25, 0.3) is 0 Å². The molecule has 6 aromatic carbocycles. The number of hydrogen-bond donors (Lipinski definition) is 4. The van der Waals surface area contributed by atoms with Crippen LogP contribution in [0.3, 0.4) is 0 Å². The Bertz CT molecular complexity index is 2540. The Balaban J connectivity index is 1.09. The first kappa shape index (κ1) is 45.1.